The molecule has 0 bridgehead atoms. The summed E-state index contributed by atoms with van der Waals surface area (Å²) in [6.07, 6.45) is 0.123. The third-order valence-corrected chi connectivity index (χ3v) is 4.43. The molecule has 3 nitrogen and oxygen atoms in total. The van der Waals surface area contributed by atoms with Crippen LogP contribution in [0.25, 0.3) is 0 Å². The lowest BCUT2D eigenvalue weighted by Gasteiger charge is -2.17. The summed E-state index contributed by atoms with van der Waals surface area (Å²) in [4.78, 5) is 13.4. The van der Waals surface area contributed by atoms with Gasteiger partial charge >= 0.3 is 0 Å². The van der Waals surface area contributed by atoms with E-state index in [0.717, 1.165) is 5.75 Å². The fraction of sp³-hybridized carbons (Fsp3) is 0.278. The van der Waals surface area contributed by atoms with Gasteiger partial charge in [-0.15, -0.1) is 11.8 Å². The van der Waals surface area contributed by atoms with Gasteiger partial charge in [-0.3, -0.25) is 4.79 Å². The zero-order valence-corrected chi connectivity index (χ0v) is 14.6. The first-order valence-electron chi connectivity index (χ1n) is 7.57. The molecule has 0 aliphatic rings. The molecule has 0 aliphatic heterocycles. The lowest BCUT2D eigenvalue weighted by Crippen LogP contribution is -2.39. The molecule has 0 aromatic heterocycles. The summed E-state index contributed by atoms with van der Waals surface area (Å²) in [5.41, 5.74) is 0. The van der Waals surface area contributed by atoms with Gasteiger partial charge in [0.15, 0.2) is 6.10 Å². The Balaban J connectivity index is 1.75. The van der Waals surface area contributed by atoms with Crippen molar-refractivity contribution in [1.82, 2.24) is 5.32 Å². The maximum Gasteiger partial charge on any atom is 0.261 e. The SMILES string of the molecule is CC[C@H](Oc1ccc(Cl)cc1)C(=O)NCCSc1ccccc1. The second-order valence-electron chi connectivity index (χ2n) is 4.92. The summed E-state index contributed by atoms with van der Waals surface area (Å²) in [6, 6.07) is 17.2. The Morgan fingerprint density at radius 2 is 1.87 bits per heavy atom. The molecule has 0 saturated heterocycles. The van der Waals surface area contributed by atoms with Gasteiger partial charge in [0.1, 0.15) is 5.75 Å². The monoisotopic (exact) mass is 349 g/mol. The third kappa shape index (κ3) is 6.16. The maximum absolute atomic E-state index is 12.2. The first-order valence-corrected chi connectivity index (χ1v) is 8.93. The van der Waals surface area contributed by atoms with Crippen LogP contribution in [0.1, 0.15) is 13.3 Å². The highest BCUT2D eigenvalue weighted by molar-refractivity contribution is 7.99. The second-order valence-corrected chi connectivity index (χ2v) is 6.53. The predicted molar refractivity (Wildman–Crippen MR) is 96.3 cm³/mol. The molecule has 0 spiro atoms. The fourth-order valence-corrected chi connectivity index (χ4v) is 2.89. The Labute approximate surface area is 146 Å². The van der Waals surface area contributed by atoms with Crippen LogP contribution in [0.15, 0.2) is 59.5 Å². The molecule has 0 heterocycles. The second kappa shape index (κ2) is 9.48. The molecule has 0 fully saturated rings. The standard InChI is InChI=1S/C18H20ClNO2S/c1-2-17(22-15-10-8-14(19)9-11-15)18(21)20-12-13-23-16-6-4-3-5-7-16/h3-11,17H,2,12-13H2,1H3,(H,20,21)/t17-/m0/s1. The summed E-state index contributed by atoms with van der Waals surface area (Å²) in [5.74, 6) is 1.39. The molecule has 1 atom stereocenters. The molecule has 5 heteroatoms. The largest absolute Gasteiger partial charge is 0.481 e. The average molecular weight is 350 g/mol. The van der Waals surface area contributed by atoms with Crippen LogP contribution in [0.2, 0.25) is 5.02 Å². The highest BCUT2D eigenvalue weighted by Crippen LogP contribution is 2.18. The van der Waals surface area contributed by atoms with E-state index in [0.29, 0.717) is 23.7 Å². The third-order valence-electron chi connectivity index (χ3n) is 3.17. The van der Waals surface area contributed by atoms with Crippen LogP contribution in [0.4, 0.5) is 0 Å². The number of benzene rings is 2. The molecule has 23 heavy (non-hydrogen) atoms. The van der Waals surface area contributed by atoms with Gasteiger partial charge in [-0.05, 0) is 42.8 Å². The number of carbonyl (C=O) groups excluding carboxylic acids is 1. The van der Waals surface area contributed by atoms with Crippen molar-refractivity contribution in [2.45, 2.75) is 24.3 Å². The summed E-state index contributed by atoms with van der Waals surface area (Å²) in [6.45, 7) is 2.54. The Bertz CT molecular complexity index is 604. The Morgan fingerprint density at radius 3 is 2.52 bits per heavy atom. The van der Waals surface area contributed by atoms with Gasteiger partial charge in [-0.2, -0.15) is 0 Å². The predicted octanol–water partition coefficient (Wildman–Crippen LogP) is 4.41. The molecule has 2 rings (SSSR count). The first-order chi connectivity index (χ1) is 11.2. The van der Waals surface area contributed by atoms with Gasteiger partial charge in [0.25, 0.3) is 5.91 Å². The number of nitrogens with one attached hydrogen (secondary N) is 1. The van der Waals surface area contributed by atoms with Crippen LogP contribution in [0.5, 0.6) is 5.75 Å². The van der Waals surface area contributed by atoms with E-state index in [2.05, 4.69) is 17.4 Å². The van der Waals surface area contributed by atoms with E-state index in [9.17, 15) is 4.79 Å². The number of amides is 1. The molecule has 2 aromatic carbocycles. The Hall–Kier alpha value is -1.65. The summed E-state index contributed by atoms with van der Waals surface area (Å²) < 4.78 is 5.72. The molecule has 0 unspecified atom stereocenters. The molecule has 1 N–H and O–H groups in total. The van der Waals surface area contributed by atoms with Gasteiger partial charge in [0.05, 0.1) is 0 Å². The lowest BCUT2D eigenvalue weighted by atomic mass is 10.2. The van der Waals surface area contributed by atoms with Crippen LogP contribution >= 0.6 is 23.4 Å². The van der Waals surface area contributed by atoms with E-state index in [1.54, 1.807) is 36.0 Å². The van der Waals surface area contributed by atoms with Crippen molar-refractivity contribution in [3.8, 4) is 5.75 Å². The zero-order chi connectivity index (χ0) is 16.5. The van der Waals surface area contributed by atoms with Crippen LogP contribution in [-0.2, 0) is 4.79 Å². The topological polar surface area (TPSA) is 38.3 Å². The first kappa shape index (κ1) is 17.7. The minimum absolute atomic E-state index is 0.0869. The molecular weight excluding hydrogens is 330 g/mol. The van der Waals surface area contributed by atoms with Crippen molar-refractivity contribution in [2.24, 2.45) is 0 Å². The van der Waals surface area contributed by atoms with E-state index >= 15 is 0 Å². The molecule has 2 aromatic rings. The van der Waals surface area contributed by atoms with Gasteiger partial charge in [0, 0.05) is 22.2 Å². The molecule has 0 radical (unpaired) electrons. The zero-order valence-electron chi connectivity index (χ0n) is 13.0. The summed E-state index contributed by atoms with van der Waals surface area (Å²) in [7, 11) is 0. The van der Waals surface area contributed by atoms with Gasteiger partial charge < -0.3 is 10.1 Å². The van der Waals surface area contributed by atoms with Gasteiger partial charge in [0.2, 0.25) is 0 Å². The number of halogens is 1. The van der Waals surface area contributed by atoms with Gasteiger partial charge in [-0.1, -0.05) is 36.7 Å². The van der Waals surface area contributed by atoms with E-state index in [4.69, 9.17) is 16.3 Å². The highest BCUT2D eigenvalue weighted by Gasteiger charge is 2.17. The smallest absolute Gasteiger partial charge is 0.261 e. The number of carbonyl (C=O) groups is 1. The molecule has 122 valence electrons. The minimum Gasteiger partial charge on any atom is -0.481 e. The van der Waals surface area contributed by atoms with Gasteiger partial charge in [-0.25, -0.2) is 0 Å². The quantitative estimate of drug-likeness (QED) is 0.567. The van der Waals surface area contributed by atoms with Crippen LogP contribution in [0, 0.1) is 0 Å². The van der Waals surface area contributed by atoms with Crippen LogP contribution in [0.3, 0.4) is 0 Å². The highest BCUT2D eigenvalue weighted by atomic mass is 35.5. The van der Waals surface area contributed by atoms with E-state index in [1.165, 1.54) is 4.90 Å². The van der Waals surface area contributed by atoms with Crippen molar-refractivity contribution in [1.29, 1.82) is 0 Å². The maximum atomic E-state index is 12.2. The molecule has 0 aliphatic carbocycles. The van der Waals surface area contributed by atoms with E-state index < -0.39 is 6.10 Å². The van der Waals surface area contributed by atoms with Crippen molar-refractivity contribution in [3.05, 3.63) is 59.6 Å². The van der Waals surface area contributed by atoms with Crippen molar-refractivity contribution in [2.75, 3.05) is 12.3 Å². The average Bonchev–Trinajstić information content (AvgIpc) is 2.59. The normalized spacial score (nSPS) is 11.7. The van der Waals surface area contributed by atoms with Crippen molar-refractivity contribution < 1.29 is 9.53 Å². The summed E-state index contributed by atoms with van der Waals surface area (Å²) in [5, 5.41) is 3.57. The molecule has 1 amide bonds. The minimum atomic E-state index is -0.488. The Kier molecular flexibility index (Phi) is 7.30. The number of rotatable bonds is 8. The van der Waals surface area contributed by atoms with E-state index in [1.807, 2.05) is 25.1 Å². The van der Waals surface area contributed by atoms with E-state index in [-0.39, 0.29) is 5.91 Å². The number of hydrogen-bond donors (Lipinski definition) is 1. The fourth-order valence-electron chi connectivity index (χ4n) is 1.97. The van der Waals surface area contributed by atoms with Crippen LogP contribution in [-0.4, -0.2) is 24.3 Å². The van der Waals surface area contributed by atoms with Crippen LogP contribution < -0.4 is 10.1 Å². The summed E-state index contributed by atoms with van der Waals surface area (Å²) >= 11 is 7.56. The number of ether oxygens (including phenoxy) is 1. The number of thioether (sulfide) groups is 1. The van der Waals surface area contributed by atoms with Crippen molar-refractivity contribution in [3.63, 3.8) is 0 Å². The Morgan fingerprint density at radius 1 is 1.17 bits per heavy atom. The molecular formula is C18H20ClNO2S. The molecule has 0 saturated carbocycles. The number of hydrogen-bond acceptors (Lipinski definition) is 3. The van der Waals surface area contributed by atoms with Crippen molar-refractivity contribution >= 4 is 29.3 Å². The lowest BCUT2D eigenvalue weighted by molar-refractivity contribution is -0.127.